The van der Waals surface area contributed by atoms with Crippen LogP contribution in [0.1, 0.15) is 18.4 Å². The third-order valence-corrected chi connectivity index (χ3v) is 2.52. The Labute approximate surface area is 101 Å². The van der Waals surface area contributed by atoms with Crippen LogP contribution in [0.15, 0.2) is 18.2 Å². The van der Waals surface area contributed by atoms with Gasteiger partial charge in [0.25, 0.3) is 0 Å². The van der Waals surface area contributed by atoms with Crippen molar-refractivity contribution in [2.45, 2.75) is 19.8 Å². The van der Waals surface area contributed by atoms with Crippen molar-refractivity contribution in [3.63, 3.8) is 0 Å². The van der Waals surface area contributed by atoms with Gasteiger partial charge in [-0.15, -0.1) is 0 Å². The second-order valence-corrected chi connectivity index (χ2v) is 3.79. The van der Waals surface area contributed by atoms with Crippen molar-refractivity contribution in [3.8, 4) is 11.8 Å². The molecule has 1 aromatic rings. The molecule has 0 unspecified atom stereocenters. The molecule has 90 valence electrons. The first-order chi connectivity index (χ1) is 8.10. The monoisotopic (exact) mass is 232 g/mol. The van der Waals surface area contributed by atoms with E-state index in [4.69, 9.17) is 10.00 Å². The van der Waals surface area contributed by atoms with E-state index in [1.165, 1.54) is 4.90 Å². The summed E-state index contributed by atoms with van der Waals surface area (Å²) in [5.41, 5.74) is 1.79. The van der Waals surface area contributed by atoms with Gasteiger partial charge in [0, 0.05) is 19.9 Å². The standard InChI is InChI=1S/C13H16N2O2/c1-10-6-7-12(17-3)11(9-10)15(2)13(16)5-4-8-14/h6-7,9H,4-5H2,1-3H3. The van der Waals surface area contributed by atoms with Crippen molar-refractivity contribution >= 4 is 11.6 Å². The zero-order valence-electron chi connectivity index (χ0n) is 10.4. The molecule has 17 heavy (non-hydrogen) atoms. The van der Waals surface area contributed by atoms with Crippen LogP contribution < -0.4 is 9.64 Å². The fraction of sp³-hybridized carbons (Fsp3) is 0.385. The summed E-state index contributed by atoms with van der Waals surface area (Å²) in [5, 5.41) is 8.47. The van der Waals surface area contributed by atoms with Crippen molar-refractivity contribution in [1.29, 1.82) is 5.26 Å². The molecule has 0 aliphatic heterocycles. The van der Waals surface area contributed by atoms with Gasteiger partial charge in [0.2, 0.25) is 5.91 Å². The molecule has 1 rings (SSSR count). The van der Waals surface area contributed by atoms with E-state index in [2.05, 4.69) is 0 Å². The van der Waals surface area contributed by atoms with Crippen LogP contribution in [0.3, 0.4) is 0 Å². The fourth-order valence-electron chi connectivity index (χ4n) is 1.53. The van der Waals surface area contributed by atoms with E-state index in [1.54, 1.807) is 14.2 Å². The third-order valence-electron chi connectivity index (χ3n) is 2.52. The van der Waals surface area contributed by atoms with Crippen molar-refractivity contribution in [2.75, 3.05) is 19.1 Å². The van der Waals surface area contributed by atoms with E-state index in [0.29, 0.717) is 5.75 Å². The number of rotatable bonds is 4. The number of nitriles is 1. The smallest absolute Gasteiger partial charge is 0.227 e. The highest BCUT2D eigenvalue weighted by molar-refractivity contribution is 5.94. The molecule has 0 heterocycles. The molecule has 0 aliphatic rings. The first kappa shape index (κ1) is 13.0. The van der Waals surface area contributed by atoms with Gasteiger partial charge in [-0.25, -0.2) is 0 Å². The van der Waals surface area contributed by atoms with E-state index < -0.39 is 0 Å². The van der Waals surface area contributed by atoms with Gasteiger partial charge >= 0.3 is 0 Å². The molecule has 0 saturated heterocycles. The number of aryl methyl sites for hydroxylation is 1. The summed E-state index contributed by atoms with van der Waals surface area (Å²) in [6.07, 6.45) is 0.460. The average Bonchev–Trinajstić information content (AvgIpc) is 2.34. The minimum atomic E-state index is -0.0875. The zero-order valence-corrected chi connectivity index (χ0v) is 10.4. The Balaban J connectivity index is 2.94. The summed E-state index contributed by atoms with van der Waals surface area (Å²) >= 11 is 0. The summed E-state index contributed by atoms with van der Waals surface area (Å²) in [6.45, 7) is 1.95. The molecule has 4 heteroatoms. The minimum Gasteiger partial charge on any atom is -0.495 e. The quantitative estimate of drug-likeness (QED) is 0.800. The van der Waals surface area contributed by atoms with E-state index in [0.717, 1.165) is 11.3 Å². The second-order valence-electron chi connectivity index (χ2n) is 3.79. The highest BCUT2D eigenvalue weighted by Gasteiger charge is 2.14. The largest absolute Gasteiger partial charge is 0.495 e. The van der Waals surface area contributed by atoms with Crippen molar-refractivity contribution in [2.24, 2.45) is 0 Å². The molecule has 0 aliphatic carbocycles. The lowest BCUT2D eigenvalue weighted by Gasteiger charge is -2.20. The normalized spacial score (nSPS) is 9.53. The van der Waals surface area contributed by atoms with Crippen LogP contribution in [-0.2, 0) is 4.79 Å². The number of hydrogen-bond acceptors (Lipinski definition) is 3. The molecule has 0 N–H and O–H groups in total. The van der Waals surface area contributed by atoms with Crippen LogP contribution in [0.4, 0.5) is 5.69 Å². The lowest BCUT2D eigenvalue weighted by molar-refractivity contribution is -0.118. The maximum atomic E-state index is 11.8. The molecule has 0 saturated carbocycles. The average molecular weight is 232 g/mol. The maximum absolute atomic E-state index is 11.8. The lowest BCUT2D eigenvalue weighted by atomic mass is 10.2. The number of carbonyl (C=O) groups is 1. The van der Waals surface area contributed by atoms with Crippen molar-refractivity contribution in [1.82, 2.24) is 0 Å². The minimum absolute atomic E-state index is 0.0875. The summed E-state index contributed by atoms with van der Waals surface area (Å²) in [5.74, 6) is 0.568. The number of carbonyl (C=O) groups excluding carboxylic acids is 1. The zero-order chi connectivity index (χ0) is 12.8. The van der Waals surface area contributed by atoms with E-state index in [1.807, 2.05) is 31.2 Å². The predicted molar refractivity (Wildman–Crippen MR) is 66.0 cm³/mol. The molecule has 4 nitrogen and oxygen atoms in total. The van der Waals surface area contributed by atoms with Gasteiger partial charge in [-0.3, -0.25) is 4.79 Å². The van der Waals surface area contributed by atoms with E-state index >= 15 is 0 Å². The van der Waals surface area contributed by atoms with Crippen LogP contribution >= 0.6 is 0 Å². The molecule has 0 radical (unpaired) electrons. The Morgan fingerprint density at radius 3 is 2.82 bits per heavy atom. The van der Waals surface area contributed by atoms with E-state index in [9.17, 15) is 4.79 Å². The number of nitrogens with zero attached hydrogens (tertiary/aromatic N) is 2. The summed E-state index contributed by atoms with van der Waals surface area (Å²) in [4.78, 5) is 13.3. The van der Waals surface area contributed by atoms with Gasteiger partial charge in [0.05, 0.1) is 18.9 Å². The third kappa shape index (κ3) is 3.22. The van der Waals surface area contributed by atoms with Gasteiger partial charge in [0.1, 0.15) is 5.75 Å². The Bertz CT molecular complexity index is 449. The first-order valence-corrected chi connectivity index (χ1v) is 5.38. The van der Waals surface area contributed by atoms with Crippen LogP contribution in [0, 0.1) is 18.3 Å². The molecular weight excluding hydrogens is 216 g/mol. The summed E-state index contributed by atoms with van der Waals surface area (Å²) in [7, 11) is 3.26. The Kier molecular flexibility index (Phi) is 4.53. The van der Waals surface area contributed by atoms with E-state index in [-0.39, 0.29) is 18.7 Å². The lowest BCUT2D eigenvalue weighted by Crippen LogP contribution is -2.26. The second kappa shape index (κ2) is 5.90. The molecule has 0 bridgehead atoms. The Morgan fingerprint density at radius 1 is 1.53 bits per heavy atom. The van der Waals surface area contributed by atoms with Gasteiger partial charge < -0.3 is 9.64 Å². The predicted octanol–water partition coefficient (Wildman–Crippen LogP) is 2.27. The Morgan fingerprint density at radius 2 is 2.24 bits per heavy atom. The number of methoxy groups -OCH3 is 1. The fourth-order valence-corrected chi connectivity index (χ4v) is 1.53. The summed E-state index contributed by atoms with van der Waals surface area (Å²) in [6, 6.07) is 7.62. The SMILES string of the molecule is COc1ccc(C)cc1N(C)C(=O)CCC#N. The van der Waals surface area contributed by atoms with Crippen LogP contribution in [0.5, 0.6) is 5.75 Å². The number of anilines is 1. The van der Waals surface area contributed by atoms with Gasteiger partial charge in [-0.2, -0.15) is 5.26 Å². The molecule has 1 amide bonds. The van der Waals surface area contributed by atoms with Crippen LogP contribution in [0.25, 0.3) is 0 Å². The topological polar surface area (TPSA) is 53.3 Å². The van der Waals surface area contributed by atoms with Gasteiger partial charge in [-0.1, -0.05) is 6.07 Å². The van der Waals surface area contributed by atoms with Crippen molar-refractivity contribution in [3.05, 3.63) is 23.8 Å². The number of amides is 1. The highest BCUT2D eigenvalue weighted by atomic mass is 16.5. The molecule has 0 fully saturated rings. The molecule has 0 spiro atoms. The Hall–Kier alpha value is -2.02. The highest BCUT2D eigenvalue weighted by Crippen LogP contribution is 2.28. The molecular formula is C13H16N2O2. The van der Waals surface area contributed by atoms with Gasteiger partial charge in [-0.05, 0) is 24.6 Å². The number of benzene rings is 1. The molecule has 0 atom stereocenters. The number of hydrogen-bond donors (Lipinski definition) is 0. The number of ether oxygens (including phenoxy) is 1. The van der Waals surface area contributed by atoms with Crippen LogP contribution in [-0.4, -0.2) is 20.1 Å². The van der Waals surface area contributed by atoms with Crippen LogP contribution in [0.2, 0.25) is 0 Å². The molecule has 0 aromatic heterocycles. The summed E-state index contributed by atoms with van der Waals surface area (Å²) < 4.78 is 5.22. The van der Waals surface area contributed by atoms with Gasteiger partial charge in [0.15, 0.2) is 0 Å². The first-order valence-electron chi connectivity index (χ1n) is 5.38. The maximum Gasteiger partial charge on any atom is 0.227 e. The molecule has 1 aromatic carbocycles. The van der Waals surface area contributed by atoms with Crippen molar-refractivity contribution < 1.29 is 9.53 Å².